The van der Waals surface area contributed by atoms with Crippen LogP contribution in [0.1, 0.15) is 29.0 Å². The number of benzene rings is 1. The first-order valence-corrected chi connectivity index (χ1v) is 12.3. The number of rotatable bonds is 4. The van der Waals surface area contributed by atoms with Crippen molar-refractivity contribution in [3.63, 3.8) is 0 Å². The summed E-state index contributed by atoms with van der Waals surface area (Å²) in [5, 5.41) is 1.29. The number of thioether (sulfide) groups is 1. The van der Waals surface area contributed by atoms with Gasteiger partial charge in [0.15, 0.2) is 5.16 Å². The van der Waals surface area contributed by atoms with Crippen LogP contribution in [0.4, 0.5) is 0 Å². The zero-order valence-electron chi connectivity index (χ0n) is 17.8. The molecule has 3 heterocycles. The molecule has 3 aromatic heterocycles. The molecule has 0 radical (unpaired) electrons. The SMILES string of the molecule is Cn1c(CSc2nc3sc4c(c3c(=O)n2-c2ccccc2)CCCC4)cc(=O)n(C)c1=O. The van der Waals surface area contributed by atoms with Crippen LogP contribution in [0.15, 0.2) is 55.9 Å². The number of para-hydroxylation sites is 1. The standard InChI is InChI=1S/C23H22N4O3S2/c1-25-15(12-18(28)26(2)23(25)30)13-31-22-24-20-19(16-10-6-7-11-17(16)32-20)21(29)27(22)14-8-4-3-5-9-14/h3-5,8-9,12H,6-7,10-11,13H2,1-2H3. The van der Waals surface area contributed by atoms with Gasteiger partial charge >= 0.3 is 5.69 Å². The van der Waals surface area contributed by atoms with Crippen LogP contribution in [0, 0.1) is 0 Å². The maximum atomic E-state index is 13.7. The first kappa shape index (κ1) is 21.0. The fourth-order valence-electron chi connectivity index (χ4n) is 4.14. The Morgan fingerprint density at radius 2 is 1.78 bits per heavy atom. The third kappa shape index (κ3) is 3.45. The van der Waals surface area contributed by atoms with Gasteiger partial charge in [-0.15, -0.1) is 11.3 Å². The number of thiophene rings is 1. The first-order valence-electron chi connectivity index (χ1n) is 10.5. The molecule has 164 valence electrons. The van der Waals surface area contributed by atoms with Gasteiger partial charge < -0.3 is 0 Å². The first-order chi connectivity index (χ1) is 15.5. The summed E-state index contributed by atoms with van der Waals surface area (Å²) in [6, 6.07) is 11.0. The van der Waals surface area contributed by atoms with E-state index in [4.69, 9.17) is 4.98 Å². The predicted molar refractivity (Wildman–Crippen MR) is 128 cm³/mol. The summed E-state index contributed by atoms with van der Waals surface area (Å²) < 4.78 is 4.20. The van der Waals surface area contributed by atoms with Gasteiger partial charge in [0.1, 0.15) is 4.83 Å². The van der Waals surface area contributed by atoms with Crippen molar-refractivity contribution in [2.45, 2.75) is 36.6 Å². The molecular weight excluding hydrogens is 444 g/mol. The van der Waals surface area contributed by atoms with Crippen molar-refractivity contribution in [1.82, 2.24) is 18.7 Å². The van der Waals surface area contributed by atoms with Crippen LogP contribution in [-0.4, -0.2) is 18.7 Å². The minimum absolute atomic E-state index is 0.0547. The van der Waals surface area contributed by atoms with E-state index in [0.717, 1.165) is 51.7 Å². The average molecular weight is 467 g/mol. The summed E-state index contributed by atoms with van der Waals surface area (Å²) in [6.07, 6.45) is 4.16. The second-order valence-corrected chi connectivity index (χ2v) is 9.95. The van der Waals surface area contributed by atoms with Crippen molar-refractivity contribution in [3.05, 3.63) is 83.7 Å². The second-order valence-electron chi connectivity index (χ2n) is 7.92. The smallest absolute Gasteiger partial charge is 0.300 e. The van der Waals surface area contributed by atoms with Crippen molar-refractivity contribution < 1.29 is 0 Å². The summed E-state index contributed by atoms with van der Waals surface area (Å²) in [7, 11) is 3.11. The zero-order chi connectivity index (χ0) is 22.4. The van der Waals surface area contributed by atoms with Gasteiger partial charge in [-0.25, -0.2) is 9.78 Å². The molecule has 0 bridgehead atoms. The van der Waals surface area contributed by atoms with Crippen molar-refractivity contribution >= 4 is 33.3 Å². The summed E-state index contributed by atoms with van der Waals surface area (Å²) >= 11 is 2.98. The molecule has 1 aliphatic carbocycles. The molecule has 1 aromatic carbocycles. The fourth-order valence-corrected chi connectivity index (χ4v) is 6.48. The number of nitrogens with zero attached hydrogens (tertiary/aromatic N) is 4. The highest BCUT2D eigenvalue weighted by Crippen LogP contribution is 2.35. The van der Waals surface area contributed by atoms with Gasteiger partial charge in [0.2, 0.25) is 0 Å². The van der Waals surface area contributed by atoms with Crippen LogP contribution in [0.5, 0.6) is 0 Å². The van der Waals surface area contributed by atoms with Crippen LogP contribution >= 0.6 is 23.1 Å². The largest absolute Gasteiger partial charge is 0.330 e. The lowest BCUT2D eigenvalue weighted by Crippen LogP contribution is -2.37. The Bertz CT molecular complexity index is 1510. The monoisotopic (exact) mass is 466 g/mol. The van der Waals surface area contributed by atoms with Crippen LogP contribution in [0.25, 0.3) is 15.9 Å². The summed E-state index contributed by atoms with van der Waals surface area (Å²) in [5.74, 6) is 0.345. The lowest BCUT2D eigenvalue weighted by molar-refractivity contribution is 0.664. The van der Waals surface area contributed by atoms with Crippen molar-refractivity contribution in [1.29, 1.82) is 0 Å². The van der Waals surface area contributed by atoms with Crippen LogP contribution in [0.3, 0.4) is 0 Å². The molecule has 0 atom stereocenters. The van der Waals surface area contributed by atoms with Crippen molar-refractivity contribution in [2.75, 3.05) is 0 Å². The Morgan fingerprint density at radius 1 is 1.03 bits per heavy atom. The lowest BCUT2D eigenvalue weighted by Gasteiger charge is -2.14. The van der Waals surface area contributed by atoms with E-state index in [1.165, 1.54) is 34.3 Å². The molecule has 0 N–H and O–H groups in total. The lowest BCUT2D eigenvalue weighted by atomic mass is 9.97. The van der Waals surface area contributed by atoms with Crippen molar-refractivity contribution in [2.24, 2.45) is 14.1 Å². The van der Waals surface area contributed by atoms with Crippen LogP contribution in [0.2, 0.25) is 0 Å². The van der Waals surface area contributed by atoms with E-state index >= 15 is 0 Å². The van der Waals surface area contributed by atoms with E-state index in [9.17, 15) is 14.4 Å². The maximum absolute atomic E-state index is 13.7. The molecule has 0 unspecified atom stereocenters. The Hall–Kier alpha value is -2.91. The van der Waals surface area contributed by atoms with E-state index in [1.54, 1.807) is 23.0 Å². The Labute approximate surface area is 192 Å². The fraction of sp³-hybridized carbons (Fsp3) is 0.304. The van der Waals surface area contributed by atoms with E-state index in [0.29, 0.717) is 16.6 Å². The number of hydrogen-bond donors (Lipinski definition) is 0. The molecule has 0 spiro atoms. The Kier molecular flexibility index (Phi) is 5.38. The minimum atomic E-state index is -0.372. The third-order valence-electron chi connectivity index (χ3n) is 5.95. The molecule has 7 nitrogen and oxygen atoms in total. The zero-order valence-corrected chi connectivity index (χ0v) is 19.5. The van der Waals surface area contributed by atoms with E-state index in [-0.39, 0.29) is 16.8 Å². The molecule has 5 rings (SSSR count). The predicted octanol–water partition coefficient (Wildman–Crippen LogP) is 3.02. The normalized spacial score (nSPS) is 13.4. The maximum Gasteiger partial charge on any atom is 0.330 e. The Morgan fingerprint density at radius 3 is 2.56 bits per heavy atom. The van der Waals surface area contributed by atoms with Crippen LogP contribution < -0.4 is 16.8 Å². The van der Waals surface area contributed by atoms with Crippen molar-refractivity contribution in [3.8, 4) is 5.69 Å². The molecule has 0 saturated carbocycles. The highest BCUT2D eigenvalue weighted by Gasteiger charge is 2.23. The van der Waals surface area contributed by atoms with Gasteiger partial charge in [0, 0.05) is 36.5 Å². The molecule has 0 fully saturated rings. The summed E-state index contributed by atoms with van der Waals surface area (Å²) in [5.41, 5.74) is 1.72. The number of aryl methyl sites for hydroxylation is 2. The molecule has 1 aliphatic rings. The molecule has 32 heavy (non-hydrogen) atoms. The number of hydrogen-bond acceptors (Lipinski definition) is 6. The van der Waals surface area contributed by atoms with Gasteiger partial charge in [-0.1, -0.05) is 30.0 Å². The van der Waals surface area contributed by atoms with Gasteiger partial charge in [-0.2, -0.15) is 0 Å². The average Bonchev–Trinajstić information content (AvgIpc) is 3.18. The van der Waals surface area contributed by atoms with E-state index < -0.39 is 0 Å². The molecule has 0 saturated heterocycles. The molecule has 0 amide bonds. The Balaban J connectivity index is 1.66. The topological polar surface area (TPSA) is 78.9 Å². The molecule has 0 aliphatic heterocycles. The third-order valence-corrected chi connectivity index (χ3v) is 8.10. The van der Waals surface area contributed by atoms with Gasteiger partial charge in [0.05, 0.1) is 11.1 Å². The van der Waals surface area contributed by atoms with Gasteiger partial charge in [-0.05, 0) is 43.4 Å². The quantitative estimate of drug-likeness (QED) is 0.341. The van der Waals surface area contributed by atoms with E-state index in [1.807, 2.05) is 30.3 Å². The second kappa shape index (κ2) is 8.22. The molecule has 4 aromatic rings. The van der Waals surface area contributed by atoms with E-state index in [2.05, 4.69) is 0 Å². The summed E-state index contributed by atoms with van der Waals surface area (Å²) in [4.78, 5) is 45.1. The molecule has 9 heteroatoms. The van der Waals surface area contributed by atoms with Crippen LogP contribution in [-0.2, 0) is 32.7 Å². The minimum Gasteiger partial charge on any atom is -0.300 e. The number of fused-ring (bicyclic) bond motifs is 3. The highest BCUT2D eigenvalue weighted by atomic mass is 32.2. The van der Waals surface area contributed by atoms with Gasteiger partial charge in [-0.3, -0.25) is 23.3 Å². The van der Waals surface area contributed by atoms with Gasteiger partial charge in [0.25, 0.3) is 11.1 Å². The summed E-state index contributed by atoms with van der Waals surface area (Å²) in [6.45, 7) is 0. The number of aromatic nitrogens is 4. The molecular formula is C23H22N4O3S2. The highest BCUT2D eigenvalue weighted by molar-refractivity contribution is 7.98.